The normalized spacial score (nSPS) is 12.0. The molecule has 1 atom stereocenters. The first kappa shape index (κ1) is 15.3. The van der Waals surface area contributed by atoms with E-state index in [4.69, 9.17) is 15.2 Å². The fourth-order valence-corrected chi connectivity index (χ4v) is 1.95. The van der Waals surface area contributed by atoms with E-state index in [9.17, 15) is 8.78 Å². The van der Waals surface area contributed by atoms with Gasteiger partial charge in [0.2, 0.25) is 0 Å². The molecular formula is C16H17F2NO2. The number of rotatable bonds is 5. The summed E-state index contributed by atoms with van der Waals surface area (Å²) in [5.41, 5.74) is 6.79. The minimum Gasteiger partial charge on any atom is -0.497 e. The van der Waals surface area contributed by atoms with Gasteiger partial charge in [-0.15, -0.1) is 0 Å². The van der Waals surface area contributed by atoms with E-state index in [2.05, 4.69) is 0 Å². The summed E-state index contributed by atoms with van der Waals surface area (Å²) >= 11 is 0. The van der Waals surface area contributed by atoms with Crippen LogP contribution >= 0.6 is 0 Å². The molecule has 0 aliphatic rings. The third kappa shape index (κ3) is 3.70. The number of ether oxygens (including phenoxy) is 2. The van der Waals surface area contributed by atoms with Crippen molar-refractivity contribution in [3.8, 4) is 11.5 Å². The average Bonchev–Trinajstić information content (AvgIpc) is 2.47. The Kier molecular flexibility index (Phi) is 4.75. The Hall–Kier alpha value is -2.14. The second-order valence-corrected chi connectivity index (χ2v) is 4.72. The summed E-state index contributed by atoms with van der Waals surface area (Å²) in [6.45, 7) is 1.73. The minimum absolute atomic E-state index is 0.0868. The van der Waals surface area contributed by atoms with Gasteiger partial charge in [-0.05, 0) is 31.2 Å². The Morgan fingerprint density at radius 3 is 2.57 bits per heavy atom. The maximum atomic E-state index is 13.6. The highest BCUT2D eigenvalue weighted by Crippen LogP contribution is 2.29. The second-order valence-electron chi connectivity index (χ2n) is 4.72. The quantitative estimate of drug-likeness (QED) is 0.916. The first-order chi connectivity index (χ1) is 10.0. The molecule has 0 fully saturated rings. The molecule has 0 radical (unpaired) electrons. The zero-order valence-corrected chi connectivity index (χ0v) is 11.9. The first-order valence-electron chi connectivity index (χ1n) is 6.51. The van der Waals surface area contributed by atoms with Gasteiger partial charge in [-0.2, -0.15) is 0 Å². The number of halogens is 2. The van der Waals surface area contributed by atoms with E-state index in [1.165, 1.54) is 7.11 Å². The highest BCUT2D eigenvalue weighted by atomic mass is 19.1. The van der Waals surface area contributed by atoms with Crippen LogP contribution in [0.1, 0.15) is 24.1 Å². The summed E-state index contributed by atoms with van der Waals surface area (Å²) in [4.78, 5) is 0. The SMILES string of the molecule is COc1ccc([C@H](C)N)c(OCc2cc(F)ccc2F)c1. The van der Waals surface area contributed by atoms with Gasteiger partial charge in [-0.1, -0.05) is 6.07 Å². The van der Waals surface area contributed by atoms with Gasteiger partial charge < -0.3 is 15.2 Å². The molecule has 0 bridgehead atoms. The van der Waals surface area contributed by atoms with Crippen LogP contribution in [0.2, 0.25) is 0 Å². The summed E-state index contributed by atoms with van der Waals surface area (Å²) in [6.07, 6.45) is 0. The fraction of sp³-hybridized carbons (Fsp3) is 0.250. The van der Waals surface area contributed by atoms with Gasteiger partial charge in [0, 0.05) is 23.2 Å². The van der Waals surface area contributed by atoms with Crippen molar-refractivity contribution in [2.45, 2.75) is 19.6 Å². The zero-order chi connectivity index (χ0) is 15.4. The molecule has 0 amide bonds. The predicted molar refractivity (Wildman–Crippen MR) is 76.3 cm³/mol. The molecule has 0 saturated carbocycles. The lowest BCUT2D eigenvalue weighted by molar-refractivity contribution is 0.292. The Labute approximate surface area is 122 Å². The lowest BCUT2D eigenvalue weighted by Gasteiger charge is -2.15. The van der Waals surface area contributed by atoms with Crippen molar-refractivity contribution >= 4 is 0 Å². The molecule has 112 valence electrons. The van der Waals surface area contributed by atoms with Crippen LogP contribution in [0.3, 0.4) is 0 Å². The predicted octanol–water partition coefficient (Wildman–Crippen LogP) is 3.57. The van der Waals surface area contributed by atoms with Gasteiger partial charge in [0.05, 0.1) is 7.11 Å². The number of methoxy groups -OCH3 is 1. The number of benzene rings is 2. The Morgan fingerprint density at radius 2 is 1.90 bits per heavy atom. The van der Waals surface area contributed by atoms with Gasteiger partial charge in [0.1, 0.15) is 29.7 Å². The second kappa shape index (κ2) is 6.54. The third-order valence-electron chi connectivity index (χ3n) is 3.10. The van der Waals surface area contributed by atoms with Gasteiger partial charge >= 0.3 is 0 Å². The maximum Gasteiger partial charge on any atom is 0.130 e. The molecule has 2 aromatic carbocycles. The third-order valence-corrected chi connectivity index (χ3v) is 3.10. The van der Waals surface area contributed by atoms with Crippen LogP contribution in [-0.2, 0) is 6.61 Å². The zero-order valence-electron chi connectivity index (χ0n) is 11.9. The number of nitrogens with two attached hydrogens (primary N) is 1. The molecule has 3 nitrogen and oxygen atoms in total. The molecule has 21 heavy (non-hydrogen) atoms. The molecule has 0 saturated heterocycles. The van der Waals surface area contributed by atoms with Crippen LogP contribution < -0.4 is 15.2 Å². The summed E-state index contributed by atoms with van der Waals surface area (Å²) < 4.78 is 37.4. The van der Waals surface area contributed by atoms with Crippen molar-refractivity contribution in [1.29, 1.82) is 0 Å². The van der Waals surface area contributed by atoms with Crippen LogP contribution in [-0.4, -0.2) is 7.11 Å². The lowest BCUT2D eigenvalue weighted by Crippen LogP contribution is -2.09. The Balaban J connectivity index is 2.24. The molecule has 2 N–H and O–H groups in total. The molecule has 0 heterocycles. The highest BCUT2D eigenvalue weighted by Gasteiger charge is 2.11. The van der Waals surface area contributed by atoms with Gasteiger partial charge in [0.15, 0.2) is 0 Å². The van der Waals surface area contributed by atoms with Gasteiger partial charge in [-0.3, -0.25) is 0 Å². The van der Waals surface area contributed by atoms with Crippen LogP contribution in [0, 0.1) is 11.6 Å². The molecule has 0 unspecified atom stereocenters. The van der Waals surface area contributed by atoms with E-state index in [-0.39, 0.29) is 18.2 Å². The number of hydrogen-bond donors (Lipinski definition) is 1. The standard InChI is InChI=1S/C16H17F2NO2/c1-10(19)14-5-4-13(20-2)8-16(14)21-9-11-7-12(17)3-6-15(11)18/h3-8,10H,9,19H2,1-2H3/t10-/m0/s1. The van der Waals surface area contributed by atoms with E-state index in [1.54, 1.807) is 18.2 Å². The first-order valence-corrected chi connectivity index (χ1v) is 6.51. The van der Waals surface area contributed by atoms with Gasteiger partial charge in [0.25, 0.3) is 0 Å². The highest BCUT2D eigenvalue weighted by molar-refractivity contribution is 5.42. The smallest absolute Gasteiger partial charge is 0.130 e. The number of hydrogen-bond acceptors (Lipinski definition) is 3. The molecular weight excluding hydrogens is 276 g/mol. The molecule has 0 aromatic heterocycles. The summed E-state index contributed by atoms with van der Waals surface area (Å²) in [7, 11) is 1.54. The van der Waals surface area contributed by atoms with Crippen LogP contribution in [0.5, 0.6) is 11.5 Å². The summed E-state index contributed by atoms with van der Waals surface area (Å²) in [6, 6.07) is 8.25. The minimum atomic E-state index is -0.512. The molecule has 0 aliphatic carbocycles. The van der Waals surface area contributed by atoms with Crippen molar-refractivity contribution in [3.63, 3.8) is 0 Å². The Morgan fingerprint density at radius 1 is 1.14 bits per heavy atom. The van der Waals surface area contributed by atoms with E-state index >= 15 is 0 Å². The van der Waals surface area contributed by atoms with E-state index < -0.39 is 11.6 Å². The van der Waals surface area contributed by atoms with E-state index in [0.717, 1.165) is 23.8 Å². The molecule has 5 heteroatoms. The van der Waals surface area contributed by atoms with Crippen LogP contribution in [0.4, 0.5) is 8.78 Å². The fourth-order valence-electron chi connectivity index (χ4n) is 1.95. The van der Waals surface area contributed by atoms with Crippen molar-refractivity contribution < 1.29 is 18.3 Å². The van der Waals surface area contributed by atoms with Crippen molar-refractivity contribution in [3.05, 3.63) is 59.2 Å². The Bertz CT molecular complexity index is 630. The maximum absolute atomic E-state index is 13.6. The summed E-state index contributed by atoms with van der Waals surface area (Å²) in [5, 5.41) is 0. The van der Waals surface area contributed by atoms with Crippen molar-refractivity contribution in [2.24, 2.45) is 5.73 Å². The monoisotopic (exact) mass is 293 g/mol. The van der Waals surface area contributed by atoms with Crippen LogP contribution in [0.25, 0.3) is 0 Å². The van der Waals surface area contributed by atoms with E-state index in [0.29, 0.717) is 11.5 Å². The summed E-state index contributed by atoms with van der Waals surface area (Å²) in [5.74, 6) is 0.0804. The molecule has 0 spiro atoms. The molecule has 2 rings (SSSR count). The lowest BCUT2D eigenvalue weighted by atomic mass is 10.1. The topological polar surface area (TPSA) is 44.5 Å². The molecule has 2 aromatic rings. The van der Waals surface area contributed by atoms with Gasteiger partial charge in [-0.25, -0.2) is 8.78 Å². The average molecular weight is 293 g/mol. The van der Waals surface area contributed by atoms with Crippen molar-refractivity contribution in [1.82, 2.24) is 0 Å². The van der Waals surface area contributed by atoms with Crippen LogP contribution in [0.15, 0.2) is 36.4 Å². The van der Waals surface area contributed by atoms with E-state index in [1.807, 2.05) is 6.92 Å². The largest absolute Gasteiger partial charge is 0.497 e. The molecule has 0 aliphatic heterocycles. The van der Waals surface area contributed by atoms with Crippen molar-refractivity contribution in [2.75, 3.05) is 7.11 Å².